The first-order chi connectivity index (χ1) is 15.9. The number of nitrogens with zero attached hydrogens (tertiary/aromatic N) is 2. The van der Waals surface area contributed by atoms with Crippen molar-refractivity contribution in [2.45, 2.75) is 46.5 Å². The SMILES string of the molecule is CCCCOc1c(OCCCC)c(C(=O)N(C)C)n(-c2ccc(OC)cc2)c1C(=O)OCC. The molecular weight excluding hydrogens is 424 g/mol. The second-order valence-electron chi connectivity index (χ2n) is 7.71. The number of aromatic nitrogens is 1. The molecule has 0 unspecified atom stereocenters. The normalized spacial score (nSPS) is 10.6. The first-order valence-corrected chi connectivity index (χ1v) is 11.5. The Morgan fingerprint density at radius 1 is 0.879 bits per heavy atom. The van der Waals surface area contributed by atoms with Crippen LogP contribution in [-0.4, -0.2) is 62.4 Å². The van der Waals surface area contributed by atoms with Crippen LogP contribution in [0, 0.1) is 0 Å². The fourth-order valence-electron chi connectivity index (χ4n) is 3.21. The maximum Gasteiger partial charge on any atom is 0.359 e. The Morgan fingerprint density at radius 3 is 1.88 bits per heavy atom. The van der Waals surface area contributed by atoms with Crippen molar-refractivity contribution >= 4 is 11.9 Å². The second kappa shape index (κ2) is 12.8. The Balaban J connectivity index is 2.85. The molecule has 0 aliphatic heterocycles. The molecule has 33 heavy (non-hydrogen) atoms. The predicted octanol–water partition coefficient (Wildman–Crippen LogP) is 4.72. The number of hydrogen-bond donors (Lipinski definition) is 0. The van der Waals surface area contributed by atoms with Gasteiger partial charge < -0.3 is 23.8 Å². The topological polar surface area (TPSA) is 79.2 Å². The average Bonchev–Trinajstić information content (AvgIpc) is 3.13. The van der Waals surface area contributed by atoms with Crippen molar-refractivity contribution in [3.8, 4) is 22.9 Å². The highest BCUT2D eigenvalue weighted by atomic mass is 16.5. The zero-order valence-electron chi connectivity index (χ0n) is 20.6. The van der Waals surface area contributed by atoms with E-state index >= 15 is 0 Å². The van der Waals surface area contributed by atoms with Gasteiger partial charge in [-0.15, -0.1) is 0 Å². The number of rotatable bonds is 13. The molecule has 0 spiro atoms. The number of methoxy groups -OCH3 is 1. The van der Waals surface area contributed by atoms with Crippen LogP contribution in [0.5, 0.6) is 17.2 Å². The summed E-state index contributed by atoms with van der Waals surface area (Å²) in [4.78, 5) is 28.0. The van der Waals surface area contributed by atoms with Crippen LogP contribution in [0.15, 0.2) is 24.3 Å². The van der Waals surface area contributed by atoms with Gasteiger partial charge in [0, 0.05) is 19.8 Å². The molecule has 1 aromatic heterocycles. The number of hydrogen-bond acceptors (Lipinski definition) is 6. The van der Waals surface area contributed by atoms with Gasteiger partial charge in [0.1, 0.15) is 5.75 Å². The van der Waals surface area contributed by atoms with E-state index in [2.05, 4.69) is 13.8 Å². The van der Waals surface area contributed by atoms with Gasteiger partial charge in [0.2, 0.25) is 0 Å². The lowest BCUT2D eigenvalue weighted by molar-refractivity contribution is 0.0511. The van der Waals surface area contributed by atoms with Gasteiger partial charge >= 0.3 is 5.97 Å². The quantitative estimate of drug-likeness (QED) is 0.318. The Hall–Kier alpha value is -3.16. The zero-order valence-corrected chi connectivity index (χ0v) is 20.6. The molecule has 0 fully saturated rings. The summed E-state index contributed by atoms with van der Waals surface area (Å²) in [5.41, 5.74) is 0.945. The smallest absolute Gasteiger partial charge is 0.359 e. The van der Waals surface area contributed by atoms with Crippen molar-refractivity contribution in [2.75, 3.05) is 41.0 Å². The summed E-state index contributed by atoms with van der Waals surface area (Å²) in [6.45, 7) is 6.81. The summed E-state index contributed by atoms with van der Waals surface area (Å²) in [5.74, 6) is 0.255. The molecule has 0 saturated carbocycles. The Labute approximate surface area is 196 Å². The molecule has 0 aliphatic carbocycles. The zero-order chi connectivity index (χ0) is 24.4. The van der Waals surface area contributed by atoms with E-state index in [4.69, 9.17) is 18.9 Å². The minimum Gasteiger partial charge on any atom is -0.497 e. The summed E-state index contributed by atoms with van der Waals surface area (Å²) in [6, 6.07) is 7.09. The van der Waals surface area contributed by atoms with Gasteiger partial charge in [-0.25, -0.2) is 4.79 Å². The molecule has 0 bridgehead atoms. The van der Waals surface area contributed by atoms with E-state index in [0.717, 1.165) is 25.7 Å². The highest BCUT2D eigenvalue weighted by Gasteiger charge is 2.35. The van der Waals surface area contributed by atoms with Crippen LogP contribution in [0.3, 0.4) is 0 Å². The molecule has 8 heteroatoms. The van der Waals surface area contributed by atoms with Crippen molar-refractivity contribution < 1.29 is 28.5 Å². The lowest BCUT2D eigenvalue weighted by Gasteiger charge is -2.16. The Kier molecular flexibility index (Phi) is 10.1. The monoisotopic (exact) mass is 460 g/mol. The molecule has 2 rings (SSSR count). The van der Waals surface area contributed by atoms with E-state index in [1.807, 2.05) is 0 Å². The van der Waals surface area contributed by atoms with Crippen LogP contribution in [0.4, 0.5) is 0 Å². The van der Waals surface area contributed by atoms with Gasteiger partial charge in [0.05, 0.1) is 26.9 Å². The van der Waals surface area contributed by atoms with Gasteiger partial charge in [0.25, 0.3) is 5.91 Å². The van der Waals surface area contributed by atoms with Crippen molar-refractivity contribution in [1.82, 2.24) is 9.47 Å². The summed E-state index contributed by atoms with van der Waals surface area (Å²) >= 11 is 0. The third-order valence-electron chi connectivity index (χ3n) is 4.98. The third kappa shape index (κ3) is 6.21. The van der Waals surface area contributed by atoms with E-state index in [-0.39, 0.29) is 35.4 Å². The number of benzene rings is 1. The molecule has 182 valence electrons. The van der Waals surface area contributed by atoms with E-state index in [1.54, 1.807) is 57.0 Å². The fourth-order valence-corrected chi connectivity index (χ4v) is 3.21. The lowest BCUT2D eigenvalue weighted by Crippen LogP contribution is -2.26. The van der Waals surface area contributed by atoms with Gasteiger partial charge in [0.15, 0.2) is 22.9 Å². The fraction of sp³-hybridized carbons (Fsp3) is 0.520. The van der Waals surface area contributed by atoms with Crippen molar-refractivity contribution in [1.29, 1.82) is 0 Å². The molecule has 0 N–H and O–H groups in total. The number of carbonyl (C=O) groups excluding carboxylic acids is 2. The number of unbranched alkanes of at least 4 members (excludes halogenated alkanes) is 2. The van der Waals surface area contributed by atoms with Crippen LogP contribution in [-0.2, 0) is 4.74 Å². The number of amides is 1. The van der Waals surface area contributed by atoms with E-state index in [1.165, 1.54) is 4.90 Å². The molecule has 2 aromatic rings. The largest absolute Gasteiger partial charge is 0.497 e. The number of carbonyl (C=O) groups is 2. The number of ether oxygens (including phenoxy) is 4. The molecule has 1 heterocycles. The summed E-state index contributed by atoms with van der Waals surface area (Å²) in [5, 5.41) is 0. The van der Waals surface area contributed by atoms with Crippen LogP contribution in [0.2, 0.25) is 0 Å². The molecule has 1 aromatic carbocycles. The van der Waals surface area contributed by atoms with E-state index < -0.39 is 5.97 Å². The highest BCUT2D eigenvalue weighted by molar-refractivity contribution is 6.02. The van der Waals surface area contributed by atoms with Crippen LogP contribution < -0.4 is 14.2 Å². The van der Waals surface area contributed by atoms with Crippen LogP contribution in [0.1, 0.15) is 67.4 Å². The minimum absolute atomic E-state index is 0.134. The molecular formula is C25H36N2O6. The maximum absolute atomic E-state index is 13.4. The Morgan fingerprint density at radius 2 is 1.42 bits per heavy atom. The van der Waals surface area contributed by atoms with Crippen molar-refractivity contribution in [3.63, 3.8) is 0 Å². The first-order valence-electron chi connectivity index (χ1n) is 11.5. The van der Waals surface area contributed by atoms with Crippen molar-refractivity contribution in [2.24, 2.45) is 0 Å². The van der Waals surface area contributed by atoms with Crippen LogP contribution in [0.25, 0.3) is 5.69 Å². The van der Waals surface area contributed by atoms with Gasteiger partial charge in [-0.2, -0.15) is 0 Å². The van der Waals surface area contributed by atoms with Gasteiger partial charge in [-0.05, 0) is 44.0 Å². The molecule has 0 radical (unpaired) electrons. The van der Waals surface area contributed by atoms with E-state index in [9.17, 15) is 9.59 Å². The number of esters is 1. The van der Waals surface area contributed by atoms with Crippen LogP contribution >= 0.6 is 0 Å². The molecule has 1 amide bonds. The molecule has 0 saturated heterocycles. The minimum atomic E-state index is -0.585. The Bertz CT molecular complexity index is 918. The average molecular weight is 461 g/mol. The molecule has 0 aliphatic rings. The second-order valence-corrected chi connectivity index (χ2v) is 7.71. The molecule has 8 nitrogen and oxygen atoms in total. The first kappa shape index (κ1) is 26.1. The third-order valence-corrected chi connectivity index (χ3v) is 4.98. The van der Waals surface area contributed by atoms with Gasteiger partial charge in [-0.1, -0.05) is 26.7 Å². The standard InChI is InChI=1S/C25H36N2O6/c1-7-10-16-32-22-20(24(28)26(4)5)27(18-12-14-19(30-6)15-13-18)21(25(29)31-9-3)23(22)33-17-11-8-2/h12-15H,7-11,16-17H2,1-6H3. The van der Waals surface area contributed by atoms with E-state index in [0.29, 0.717) is 24.7 Å². The summed E-state index contributed by atoms with van der Waals surface area (Å²) < 4.78 is 24.4. The summed E-state index contributed by atoms with van der Waals surface area (Å²) in [7, 11) is 4.89. The summed E-state index contributed by atoms with van der Waals surface area (Å²) in [6.07, 6.45) is 3.43. The highest BCUT2D eigenvalue weighted by Crippen LogP contribution is 2.42. The lowest BCUT2D eigenvalue weighted by atomic mass is 10.2. The molecule has 0 atom stereocenters. The van der Waals surface area contributed by atoms with Crippen molar-refractivity contribution in [3.05, 3.63) is 35.7 Å². The predicted molar refractivity (Wildman–Crippen MR) is 127 cm³/mol. The van der Waals surface area contributed by atoms with Gasteiger partial charge in [-0.3, -0.25) is 9.36 Å². The maximum atomic E-state index is 13.4.